The van der Waals surface area contributed by atoms with Crippen molar-refractivity contribution in [3.05, 3.63) is 64.2 Å². The molecule has 0 unspecified atom stereocenters. The van der Waals surface area contributed by atoms with Crippen LogP contribution in [0.1, 0.15) is 18.5 Å². The van der Waals surface area contributed by atoms with Crippen LogP contribution in [0.3, 0.4) is 0 Å². The van der Waals surface area contributed by atoms with E-state index in [1.54, 1.807) is 38.2 Å². The fourth-order valence-electron chi connectivity index (χ4n) is 4.76. The van der Waals surface area contributed by atoms with Crippen molar-refractivity contribution >= 4 is 32.1 Å². The van der Waals surface area contributed by atoms with Crippen molar-refractivity contribution in [2.45, 2.75) is 24.0 Å². The van der Waals surface area contributed by atoms with Crippen molar-refractivity contribution in [3.8, 4) is 0 Å². The molecule has 1 aliphatic rings. The SMILES string of the molecule is C[C@@H](Nc1ccccc1S(C)(=O)=O)c1cc(F)cc2c(=O)n(C)c(N3CCN(CC(F)(F)F)CC3)cc12. The van der Waals surface area contributed by atoms with E-state index in [1.165, 1.54) is 21.6 Å². The highest BCUT2D eigenvalue weighted by atomic mass is 32.2. The predicted octanol–water partition coefficient (Wildman–Crippen LogP) is 3.94. The number of aromatic nitrogens is 1. The topological polar surface area (TPSA) is 74.6 Å². The Morgan fingerprint density at radius 2 is 1.68 bits per heavy atom. The molecule has 0 spiro atoms. The van der Waals surface area contributed by atoms with E-state index in [0.29, 0.717) is 35.5 Å². The van der Waals surface area contributed by atoms with Crippen molar-refractivity contribution in [1.82, 2.24) is 9.47 Å². The van der Waals surface area contributed by atoms with Crippen LogP contribution in [0, 0.1) is 5.82 Å². The Morgan fingerprint density at radius 1 is 1.03 bits per heavy atom. The Kier molecular flexibility index (Phi) is 7.26. The summed E-state index contributed by atoms with van der Waals surface area (Å²) in [5.74, 6) is -0.0982. The number of pyridine rings is 1. The molecular weight excluding hydrogens is 512 g/mol. The molecule has 1 aliphatic heterocycles. The zero-order valence-electron chi connectivity index (χ0n) is 20.6. The normalized spacial score (nSPS) is 16.2. The van der Waals surface area contributed by atoms with Gasteiger partial charge < -0.3 is 10.2 Å². The van der Waals surface area contributed by atoms with Crippen LogP contribution in [0.4, 0.5) is 29.1 Å². The number of fused-ring (bicyclic) bond motifs is 1. The number of nitrogens with one attached hydrogen (secondary N) is 1. The molecule has 1 aromatic heterocycles. The quantitative estimate of drug-likeness (QED) is 0.478. The van der Waals surface area contributed by atoms with E-state index in [4.69, 9.17) is 0 Å². The lowest BCUT2D eigenvalue weighted by atomic mass is 9.99. The Bertz CT molecular complexity index is 1480. The van der Waals surface area contributed by atoms with Gasteiger partial charge in [0, 0.05) is 45.5 Å². The number of sulfone groups is 1. The lowest BCUT2D eigenvalue weighted by Gasteiger charge is -2.37. The van der Waals surface area contributed by atoms with Gasteiger partial charge in [-0.3, -0.25) is 14.3 Å². The van der Waals surface area contributed by atoms with E-state index in [-0.39, 0.29) is 23.4 Å². The van der Waals surface area contributed by atoms with Gasteiger partial charge >= 0.3 is 6.18 Å². The molecule has 4 rings (SSSR count). The summed E-state index contributed by atoms with van der Waals surface area (Å²) in [5.41, 5.74) is 0.363. The molecule has 2 heterocycles. The molecule has 1 atom stereocenters. The molecule has 0 amide bonds. The Balaban J connectivity index is 1.72. The van der Waals surface area contributed by atoms with Crippen molar-refractivity contribution in [3.63, 3.8) is 0 Å². The minimum Gasteiger partial charge on any atom is -0.377 e. The van der Waals surface area contributed by atoms with Crippen LogP contribution in [0.15, 0.2) is 52.2 Å². The van der Waals surface area contributed by atoms with Crippen LogP contribution >= 0.6 is 0 Å². The number of anilines is 2. The molecule has 200 valence electrons. The number of para-hydroxylation sites is 1. The second-order valence-corrected chi connectivity index (χ2v) is 11.3. The van der Waals surface area contributed by atoms with E-state index in [2.05, 4.69) is 5.32 Å². The molecule has 3 aromatic rings. The number of piperazine rings is 1. The Hall–Kier alpha value is -3.12. The third-order valence-corrected chi connectivity index (χ3v) is 7.71. The van der Waals surface area contributed by atoms with Gasteiger partial charge in [-0.1, -0.05) is 12.1 Å². The van der Waals surface area contributed by atoms with Crippen LogP contribution in [-0.4, -0.2) is 63.0 Å². The number of hydrogen-bond acceptors (Lipinski definition) is 6. The highest BCUT2D eigenvalue weighted by molar-refractivity contribution is 7.90. The van der Waals surface area contributed by atoms with Gasteiger partial charge in [-0.05, 0) is 48.2 Å². The molecule has 7 nitrogen and oxygen atoms in total. The molecule has 0 radical (unpaired) electrons. The molecule has 0 aliphatic carbocycles. The van der Waals surface area contributed by atoms with Crippen molar-refractivity contribution in [1.29, 1.82) is 0 Å². The van der Waals surface area contributed by atoms with E-state index >= 15 is 0 Å². The largest absolute Gasteiger partial charge is 0.401 e. The summed E-state index contributed by atoms with van der Waals surface area (Å²) in [7, 11) is -1.98. The number of nitrogens with zero attached hydrogens (tertiary/aromatic N) is 3. The zero-order valence-corrected chi connectivity index (χ0v) is 21.5. The second-order valence-electron chi connectivity index (χ2n) is 9.34. The van der Waals surface area contributed by atoms with Crippen molar-refractivity contribution < 1.29 is 26.0 Å². The fourth-order valence-corrected chi connectivity index (χ4v) is 5.61. The highest BCUT2D eigenvalue weighted by Crippen LogP contribution is 2.32. The van der Waals surface area contributed by atoms with E-state index in [9.17, 15) is 30.8 Å². The summed E-state index contributed by atoms with van der Waals surface area (Å²) >= 11 is 0. The number of halogens is 4. The molecule has 2 aromatic carbocycles. The monoisotopic (exact) mass is 540 g/mol. The molecule has 12 heteroatoms. The van der Waals surface area contributed by atoms with E-state index in [1.807, 2.05) is 4.90 Å². The Labute approximate surface area is 212 Å². The van der Waals surface area contributed by atoms with Gasteiger partial charge in [0.2, 0.25) is 0 Å². The van der Waals surface area contributed by atoms with Gasteiger partial charge in [0.15, 0.2) is 9.84 Å². The van der Waals surface area contributed by atoms with Crippen LogP contribution in [-0.2, 0) is 16.9 Å². The molecular formula is C25H28F4N4O3S. The standard InChI is InChI=1S/C25H28F4N4O3S/c1-16(30-21-6-4-5-7-22(21)37(3,35)36)18-12-17(26)13-20-19(18)14-23(31(2)24(20)34)33-10-8-32(9-11-33)15-25(27,28)29/h4-7,12-14,16,30H,8-11,15H2,1-3H3/t16-/m1/s1. The van der Waals surface area contributed by atoms with Gasteiger partial charge in [-0.15, -0.1) is 0 Å². The number of rotatable bonds is 6. The minimum absolute atomic E-state index is 0.0934. The predicted molar refractivity (Wildman–Crippen MR) is 135 cm³/mol. The third kappa shape index (κ3) is 5.90. The summed E-state index contributed by atoms with van der Waals surface area (Å²) in [5, 5.41) is 3.77. The number of hydrogen-bond donors (Lipinski definition) is 1. The van der Waals surface area contributed by atoms with Gasteiger partial charge in [-0.25, -0.2) is 12.8 Å². The molecule has 37 heavy (non-hydrogen) atoms. The van der Waals surface area contributed by atoms with Crippen LogP contribution in [0.5, 0.6) is 0 Å². The number of benzene rings is 2. The summed E-state index contributed by atoms with van der Waals surface area (Å²) < 4.78 is 78.8. The molecule has 1 fully saturated rings. The first-order chi connectivity index (χ1) is 17.2. The minimum atomic E-state index is -4.28. The van der Waals surface area contributed by atoms with Gasteiger partial charge in [0.25, 0.3) is 5.56 Å². The Morgan fingerprint density at radius 3 is 2.30 bits per heavy atom. The lowest BCUT2D eigenvalue weighted by Crippen LogP contribution is -2.50. The van der Waals surface area contributed by atoms with Gasteiger partial charge in [0.1, 0.15) is 11.6 Å². The van der Waals surface area contributed by atoms with Crippen molar-refractivity contribution in [2.24, 2.45) is 7.05 Å². The number of alkyl halides is 3. The molecule has 0 saturated carbocycles. The highest BCUT2D eigenvalue weighted by Gasteiger charge is 2.32. The summed E-state index contributed by atoms with van der Waals surface area (Å²) in [6.45, 7) is 1.70. The fraction of sp³-hybridized carbons (Fsp3) is 0.400. The first-order valence-corrected chi connectivity index (χ1v) is 13.6. The van der Waals surface area contributed by atoms with Crippen LogP contribution in [0.25, 0.3) is 10.8 Å². The van der Waals surface area contributed by atoms with Gasteiger partial charge in [0.05, 0.1) is 22.5 Å². The summed E-state index contributed by atoms with van der Waals surface area (Å²) in [4.78, 5) is 16.5. The van der Waals surface area contributed by atoms with Crippen LogP contribution < -0.4 is 15.8 Å². The van der Waals surface area contributed by atoms with Crippen molar-refractivity contribution in [2.75, 3.05) is 49.2 Å². The maximum absolute atomic E-state index is 14.6. The summed E-state index contributed by atoms with van der Waals surface area (Å²) in [6, 6.07) is 9.99. The maximum Gasteiger partial charge on any atom is 0.401 e. The lowest BCUT2D eigenvalue weighted by molar-refractivity contribution is -0.146. The first-order valence-electron chi connectivity index (χ1n) is 11.7. The van der Waals surface area contributed by atoms with E-state index in [0.717, 1.165) is 12.3 Å². The third-order valence-electron chi connectivity index (χ3n) is 6.55. The second kappa shape index (κ2) is 9.97. The first kappa shape index (κ1) is 26.9. The van der Waals surface area contributed by atoms with Gasteiger partial charge in [-0.2, -0.15) is 13.2 Å². The molecule has 1 N–H and O–H groups in total. The average Bonchev–Trinajstić information content (AvgIpc) is 2.80. The molecule has 0 bridgehead atoms. The van der Waals surface area contributed by atoms with Crippen LogP contribution in [0.2, 0.25) is 0 Å². The maximum atomic E-state index is 14.6. The summed E-state index contributed by atoms with van der Waals surface area (Å²) in [6.07, 6.45) is -3.18. The zero-order chi connectivity index (χ0) is 27.1. The average molecular weight is 541 g/mol. The molecule has 1 saturated heterocycles. The van der Waals surface area contributed by atoms with E-state index < -0.39 is 40.0 Å². The smallest absolute Gasteiger partial charge is 0.377 e.